The van der Waals surface area contributed by atoms with Crippen molar-refractivity contribution in [2.75, 3.05) is 12.4 Å². The first-order chi connectivity index (χ1) is 19.0. The fourth-order valence-electron chi connectivity index (χ4n) is 3.72. The molecule has 2 heterocycles. The number of nitrogens with zero attached hydrogens (tertiary/aromatic N) is 3. The third kappa shape index (κ3) is 6.86. The molecule has 14 heteroatoms. The van der Waals surface area contributed by atoms with Gasteiger partial charge < -0.3 is 15.4 Å². The number of carbonyl (C=O) groups is 1. The number of aromatic nitrogens is 3. The van der Waals surface area contributed by atoms with Gasteiger partial charge in [-0.05, 0) is 42.8 Å². The number of fused-ring (bicyclic) bond motifs is 1. The van der Waals surface area contributed by atoms with Gasteiger partial charge in [0.2, 0.25) is 0 Å². The van der Waals surface area contributed by atoms with E-state index in [1.54, 1.807) is 14.0 Å². The molecular weight excluding hydrogens is 555 g/mol. The molecule has 0 saturated heterocycles. The smallest absolute Gasteiger partial charge is 0.406 e. The van der Waals surface area contributed by atoms with Gasteiger partial charge in [-0.25, -0.2) is 18.3 Å². The molecule has 0 spiro atoms. The Kier molecular flexibility index (Phi) is 9.69. The van der Waals surface area contributed by atoms with Crippen molar-refractivity contribution in [2.45, 2.75) is 33.2 Å². The monoisotopic (exact) mass is 580 g/mol. The fraction of sp³-hybridized carbons (Fsp3) is 0.231. The van der Waals surface area contributed by atoms with Crippen LogP contribution in [0.5, 0.6) is 5.75 Å². The van der Waals surface area contributed by atoms with Gasteiger partial charge in [0.25, 0.3) is 5.91 Å². The van der Waals surface area contributed by atoms with Crippen LogP contribution < -0.4 is 15.4 Å². The molecule has 40 heavy (non-hydrogen) atoms. The van der Waals surface area contributed by atoms with Gasteiger partial charge in [0.05, 0.1) is 23.5 Å². The minimum absolute atomic E-state index is 0.00984. The maximum Gasteiger partial charge on any atom is 0.573 e. The van der Waals surface area contributed by atoms with Crippen LogP contribution in [0.3, 0.4) is 0 Å². The second-order valence-electron chi connectivity index (χ2n) is 8.00. The predicted molar refractivity (Wildman–Crippen MR) is 144 cm³/mol. The number of carbonyl (C=O) groups excluding carboxylic acids is 1. The summed E-state index contributed by atoms with van der Waals surface area (Å²) in [5.41, 5.74) is 0.833. The van der Waals surface area contributed by atoms with Crippen molar-refractivity contribution < 1.29 is 31.0 Å². The topological polar surface area (TPSA) is 105 Å². The molecule has 0 bridgehead atoms. The average molecular weight is 581 g/mol. The van der Waals surface area contributed by atoms with Gasteiger partial charge in [-0.1, -0.05) is 26.0 Å². The van der Waals surface area contributed by atoms with Crippen molar-refractivity contribution in [1.29, 1.82) is 5.41 Å². The third-order valence-electron chi connectivity index (χ3n) is 5.50. The SMILES string of the molecule is CC.CNc1cc(F)ccc1C(=N)c1cnc2c(n1)c(C(=O)NC(C)c1cccc(OC(F)(F)F)c1)cn2SF. The highest BCUT2D eigenvalue weighted by molar-refractivity contribution is 7.92. The van der Waals surface area contributed by atoms with Crippen molar-refractivity contribution in [3.05, 3.63) is 83.1 Å². The van der Waals surface area contributed by atoms with Gasteiger partial charge in [-0.3, -0.25) is 10.2 Å². The van der Waals surface area contributed by atoms with E-state index in [0.717, 1.165) is 16.1 Å². The van der Waals surface area contributed by atoms with Gasteiger partial charge >= 0.3 is 6.36 Å². The molecule has 1 atom stereocenters. The van der Waals surface area contributed by atoms with Crippen LogP contribution in [0.4, 0.5) is 27.1 Å². The summed E-state index contributed by atoms with van der Waals surface area (Å²) >= 11 is -0.217. The minimum atomic E-state index is -4.87. The normalized spacial score (nSPS) is 11.8. The maximum atomic E-state index is 13.6. The summed E-state index contributed by atoms with van der Waals surface area (Å²) in [5, 5.41) is 14.0. The van der Waals surface area contributed by atoms with E-state index in [-0.39, 0.29) is 40.5 Å². The largest absolute Gasteiger partial charge is 0.573 e. The van der Waals surface area contributed by atoms with Gasteiger partial charge in [-0.2, -0.15) is 0 Å². The zero-order chi connectivity index (χ0) is 29.6. The molecule has 1 unspecified atom stereocenters. The lowest BCUT2D eigenvalue weighted by Gasteiger charge is -2.16. The number of alkyl halides is 3. The van der Waals surface area contributed by atoms with Crippen molar-refractivity contribution >= 4 is 40.8 Å². The summed E-state index contributed by atoms with van der Waals surface area (Å²) in [6.07, 6.45) is -2.47. The second-order valence-corrected chi connectivity index (χ2v) is 8.53. The van der Waals surface area contributed by atoms with Crippen LogP contribution in [-0.4, -0.2) is 39.0 Å². The molecule has 3 N–H and O–H groups in total. The van der Waals surface area contributed by atoms with E-state index in [2.05, 4.69) is 25.3 Å². The Labute approximate surface area is 230 Å². The summed E-state index contributed by atoms with van der Waals surface area (Å²) in [4.78, 5) is 21.7. The van der Waals surface area contributed by atoms with E-state index in [1.807, 2.05) is 13.8 Å². The molecule has 212 valence electrons. The zero-order valence-electron chi connectivity index (χ0n) is 21.7. The first-order valence-electron chi connectivity index (χ1n) is 11.9. The number of hydrogen-bond acceptors (Lipinski definition) is 7. The summed E-state index contributed by atoms with van der Waals surface area (Å²) in [6.45, 7) is 5.55. The first kappa shape index (κ1) is 30.3. The van der Waals surface area contributed by atoms with Gasteiger partial charge in [0.1, 0.15) is 22.8 Å². The number of hydrogen-bond donors (Lipinski definition) is 3. The molecule has 0 radical (unpaired) electrons. The Hall–Kier alpha value is -4.20. The summed E-state index contributed by atoms with van der Waals surface area (Å²) in [7, 11) is 1.56. The minimum Gasteiger partial charge on any atom is -0.406 e. The molecule has 2 aromatic heterocycles. The van der Waals surface area contributed by atoms with Crippen molar-refractivity contribution in [1.82, 2.24) is 19.3 Å². The molecule has 1 amide bonds. The van der Waals surface area contributed by atoms with Crippen LogP contribution in [-0.2, 0) is 0 Å². The Morgan fingerprint density at radius 1 is 1.15 bits per heavy atom. The average Bonchev–Trinajstić information content (AvgIpc) is 3.31. The third-order valence-corrected chi connectivity index (χ3v) is 5.93. The van der Waals surface area contributed by atoms with E-state index in [1.165, 1.54) is 42.7 Å². The molecule has 0 saturated carbocycles. The van der Waals surface area contributed by atoms with Crippen LogP contribution in [0.1, 0.15) is 54.0 Å². The number of benzene rings is 2. The Balaban J connectivity index is 0.00000216. The number of ether oxygens (including phenoxy) is 1. The second kappa shape index (κ2) is 12.8. The molecule has 2 aromatic carbocycles. The number of amides is 1. The van der Waals surface area contributed by atoms with E-state index < -0.39 is 29.9 Å². The summed E-state index contributed by atoms with van der Waals surface area (Å²) < 4.78 is 69.8. The molecule has 8 nitrogen and oxygen atoms in total. The Morgan fingerprint density at radius 3 is 2.52 bits per heavy atom. The van der Waals surface area contributed by atoms with E-state index in [9.17, 15) is 26.2 Å². The fourth-order valence-corrected chi connectivity index (χ4v) is 4.07. The summed E-state index contributed by atoms with van der Waals surface area (Å²) in [6, 6.07) is 8.15. The quantitative estimate of drug-likeness (QED) is 0.156. The van der Waals surface area contributed by atoms with Crippen molar-refractivity contribution in [3.63, 3.8) is 0 Å². The van der Waals surface area contributed by atoms with Gasteiger partial charge in [0, 0.05) is 24.5 Å². The molecule has 4 rings (SSSR count). The van der Waals surface area contributed by atoms with Gasteiger partial charge in [0.15, 0.2) is 18.0 Å². The Morgan fingerprint density at radius 2 is 1.88 bits per heavy atom. The number of halogens is 5. The highest BCUT2D eigenvalue weighted by Gasteiger charge is 2.31. The van der Waals surface area contributed by atoms with E-state index in [4.69, 9.17) is 5.41 Å². The van der Waals surface area contributed by atoms with Crippen molar-refractivity contribution in [3.8, 4) is 5.75 Å². The maximum absolute atomic E-state index is 13.6. The van der Waals surface area contributed by atoms with Crippen LogP contribution in [0.15, 0.2) is 54.9 Å². The lowest BCUT2D eigenvalue weighted by Crippen LogP contribution is -2.26. The highest BCUT2D eigenvalue weighted by atomic mass is 32.2. The molecule has 0 fully saturated rings. The number of anilines is 1. The number of rotatable bonds is 8. The predicted octanol–water partition coefficient (Wildman–Crippen LogP) is 6.82. The molecule has 0 aliphatic heterocycles. The lowest BCUT2D eigenvalue weighted by molar-refractivity contribution is -0.274. The standard InChI is InChI=1S/C24H19F5N6O2S.C2H6/c1-12(13-4-3-5-15(8-13)37-24(26,27)28)33-23(36)17-11-35(38-29)22-21(17)34-19(10-32-22)20(30)16-7-6-14(25)9-18(16)31-2;1-2/h3-12,30-31H,1-2H3,(H,33,36);1-2H3. The van der Waals surface area contributed by atoms with Crippen LogP contribution in [0.2, 0.25) is 0 Å². The van der Waals surface area contributed by atoms with Crippen LogP contribution >= 0.6 is 12.3 Å². The first-order valence-corrected chi connectivity index (χ1v) is 12.6. The molecule has 0 aliphatic carbocycles. The van der Waals surface area contributed by atoms with Gasteiger partial charge in [-0.15, -0.1) is 17.1 Å². The van der Waals surface area contributed by atoms with E-state index >= 15 is 0 Å². The van der Waals surface area contributed by atoms with E-state index in [0.29, 0.717) is 16.8 Å². The summed E-state index contributed by atoms with van der Waals surface area (Å²) in [5.74, 6) is -1.65. The zero-order valence-corrected chi connectivity index (χ0v) is 22.5. The molecule has 4 aromatic rings. The lowest BCUT2D eigenvalue weighted by atomic mass is 10.0. The Bertz CT molecular complexity index is 1530. The molecular formula is C26H25F5N6O2S. The van der Waals surface area contributed by atoms with Crippen LogP contribution in [0.25, 0.3) is 11.2 Å². The molecule has 0 aliphatic rings. The van der Waals surface area contributed by atoms with Crippen molar-refractivity contribution in [2.24, 2.45) is 0 Å². The highest BCUT2D eigenvalue weighted by Crippen LogP contribution is 2.28. The number of nitrogens with one attached hydrogen (secondary N) is 3. The van der Waals surface area contributed by atoms with Crippen LogP contribution in [0, 0.1) is 11.2 Å².